The number of rotatable bonds is 5. The number of esters is 1. The molecule has 27 heavy (non-hydrogen) atoms. The molecule has 0 atom stereocenters. The SMILES string of the molecule is COC(=O)c1c(NC(=O)Cc2ccc(OC)c(C)c2)sc2c1CCCCC2. The minimum Gasteiger partial charge on any atom is -0.496 e. The van der Waals surface area contributed by atoms with Crippen LogP contribution in [0.4, 0.5) is 5.00 Å². The summed E-state index contributed by atoms with van der Waals surface area (Å²) in [6.07, 6.45) is 5.41. The van der Waals surface area contributed by atoms with Gasteiger partial charge in [0.2, 0.25) is 5.91 Å². The number of carbonyl (C=O) groups excluding carboxylic acids is 2. The molecule has 1 aliphatic carbocycles. The molecule has 0 saturated heterocycles. The average Bonchev–Trinajstić information content (AvgIpc) is 2.82. The number of ether oxygens (including phenoxy) is 2. The first-order valence-corrected chi connectivity index (χ1v) is 10.0. The van der Waals surface area contributed by atoms with E-state index >= 15 is 0 Å². The molecule has 0 fully saturated rings. The Hall–Kier alpha value is -2.34. The monoisotopic (exact) mass is 387 g/mol. The van der Waals surface area contributed by atoms with E-state index in [2.05, 4.69) is 5.32 Å². The Morgan fingerprint density at radius 1 is 1.15 bits per heavy atom. The lowest BCUT2D eigenvalue weighted by Gasteiger charge is -2.09. The second-order valence-corrected chi connectivity index (χ2v) is 7.89. The maximum absolute atomic E-state index is 12.6. The van der Waals surface area contributed by atoms with Crippen molar-refractivity contribution in [2.24, 2.45) is 0 Å². The van der Waals surface area contributed by atoms with Gasteiger partial charge in [-0.2, -0.15) is 0 Å². The van der Waals surface area contributed by atoms with Gasteiger partial charge in [-0.3, -0.25) is 4.79 Å². The Morgan fingerprint density at radius 2 is 1.93 bits per heavy atom. The molecule has 1 amide bonds. The average molecular weight is 388 g/mol. The number of carbonyl (C=O) groups is 2. The lowest BCUT2D eigenvalue weighted by atomic mass is 10.1. The van der Waals surface area contributed by atoms with Gasteiger partial charge in [0.05, 0.1) is 26.2 Å². The molecule has 0 bridgehead atoms. The highest BCUT2D eigenvalue weighted by Gasteiger charge is 2.26. The molecule has 1 aromatic heterocycles. The number of methoxy groups -OCH3 is 2. The van der Waals surface area contributed by atoms with Gasteiger partial charge in [-0.1, -0.05) is 18.6 Å². The number of hydrogen-bond acceptors (Lipinski definition) is 5. The molecule has 144 valence electrons. The smallest absolute Gasteiger partial charge is 0.341 e. The summed E-state index contributed by atoms with van der Waals surface area (Å²) >= 11 is 1.51. The Bertz CT molecular complexity index is 856. The van der Waals surface area contributed by atoms with Crippen molar-refractivity contribution in [3.8, 4) is 5.75 Å². The fourth-order valence-corrected chi connectivity index (χ4v) is 4.85. The zero-order chi connectivity index (χ0) is 19.4. The van der Waals surface area contributed by atoms with E-state index in [4.69, 9.17) is 9.47 Å². The van der Waals surface area contributed by atoms with Crippen LogP contribution in [-0.4, -0.2) is 26.1 Å². The van der Waals surface area contributed by atoms with Crippen molar-refractivity contribution in [3.05, 3.63) is 45.3 Å². The summed E-state index contributed by atoms with van der Waals surface area (Å²) in [5.74, 6) is 0.292. The maximum Gasteiger partial charge on any atom is 0.341 e. The van der Waals surface area contributed by atoms with E-state index in [1.165, 1.54) is 29.7 Å². The number of anilines is 1. The summed E-state index contributed by atoms with van der Waals surface area (Å²) < 4.78 is 10.2. The third kappa shape index (κ3) is 4.33. The molecule has 1 heterocycles. The van der Waals surface area contributed by atoms with Crippen LogP contribution in [0.3, 0.4) is 0 Å². The molecule has 0 radical (unpaired) electrons. The van der Waals surface area contributed by atoms with Gasteiger partial charge < -0.3 is 14.8 Å². The fourth-order valence-electron chi connectivity index (χ4n) is 3.56. The topological polar surface area (TPSA) is 64.6 Å². The minimum absolute atomic E-state index is 0.138. The van der Waals surface area contributed by atoms with Gasteiger partial charge in [0.25, 0.3) is 0 Å². The van der Waals surface area contributed by atoms with Crippen LogP contribution in [0.15, 0.2) is 18.2 Å². The van der Waals surface area contributed by atoms with E-state index in [0.29, 0.717) is 10.6 Å². The molecule has 5 nitrogen and oxygen atoms in total. The van der Waals surface area contributed by atoms with Crippen LogP contribution in [0.25, 0.3) is 0 Å². The third-order valence-electron chi connectivity index (χ3n) is 4.89. The molecule has 0 saturated carbocycles. The van der Waals surface area contributed by atoms with Crippen molar-refractivity contribution < 1.29 is 19.1 Å². The molecular weight excluding hydrogens is 362 g/mol. The number of fused-ring (bicyclic) bond motifs is 1. The zero-order valence-corrected chi connectivity index (χ0v) is 16.8. The van der Waals surface area contributed by atoms with E-state index < -0.39 is 0 Å². The molecule has 1 aliphatic rings. The molecule has 6 heteroatoms. The molecule has 0 unspecified atom stereocenters. The lowest BCUT2D eigenvalue weighted by Crippen LogP contribution is -2.16. The van der Waals surface area contributed by atoms with Crippen molar-refractivity contribution in [2.75, 3.05) is 19.5 Å². The first-order chi connectivity index (χ1) is 13.0. The van der Waals surface area contributed by atoms with E-state index in [9.17, 15) is 9.59 Å². The Morgan fingerprint density at radius 3 is 2.63 bits per heavy atom. The molecule has 0 spiro atoms. The van der Waals surface area contributed by atoms with Crippen molar-refractivity contribution in [3.63, 3.8) is 0 Å². The second kappa shape index (κ2) is 8.57. The Balaban J connectivity index is 1.81. The molecular formula is C21H25NO4S. The summed E-state index contributed by atoms with van der Waals surface area (Å²) in [6, 6.07) is 5.70. The van der Waals surface area contributed by atoms with Gasteiger partial charge in [-0.15, -0.1) is 11.3 Å². The fraction of sp³-hybridized carbons (Fsp3) is 0.429. The predicted octanol–water partition coefficient (Wildman–Crippen LogP) is 4.30. The van der Waals surface area contributed by atoms with Crippen LogP contribution in [0, 0.1) is 6.92 Å². The van der Waals surface area contributed by atoms with Crippen LogP contribution < -0.4 is 10.1 Å². The summed E-state index contributed by atoms with van der Waals surface area (Å²) in [4.78, 5) is 26.2. The van der Waals surface area contributed by atoms with Gasteiger partial charge >= 0.3 is 5.97 Å². The van der Waals surface area contributed by atoms with Gasteiger partial charge in [0.15, 0.2) is 0 Å². The van der Waals surface area contributed by atoms with Crippen molar-refractivity contribution in [1.29, 1.82) is 0 Å². The van der Waals surface area contributed by atoms with Gasteiger partial charge in [0.1, 0.15) is 10.8 Å². The molecule has 1 N–H and O–H groups in total. The maximum atomic E-state index is 12.6. The van der Waals surface area contributed by atoms with Crippen LogP contribution in [-0.2, 0) is 28.8 Å². The molecule has 3 rings (SSSR count). The number of amides is 1. The van der Waals surface area contributed by atoms with Crippen molar-refractivity contribution in [2.45, 2.75) is 45.4 Å². The highest BCUT2D eigenvalue weighted by atomic mass is 32.1. The second-order valence-electron chi connectivity index (χ2n) is 6.79. The summed E-state index contributed by atoms with van der Waals surface area (Å²) in [7, 11) is 3.01. The summed E-state index contributed by atoms with van der Waals surface area (Å²) in [6.45, 7) is 1.95. The summed E-state index contributed by atoms with van der Waals surface area (Å²) in [5.41, 5.74) is 3.49. The standard InChI is InChI=1S/C21H25NO4S/c1-13-11-14(9-10-16(13)25-2)12-18(23)22-20-19(21(24)26-3)15-7-5-4-6-8-17(15)27-20/h9-11H,4-8,12H2,1-3H3,(H,22,23). The van der Waals surface area contributed by atoms with Gasteiger partial charge in [-0.05, 0) is 55.4 Å². The number of aryl methyl sites for hydroxylation is 2. The normalized spacial score (nSPS) is 13.4. The quantitative estimate of drug-likeness (QED) is 0.614. The third-order valence-corrected chi connectivity index (χ3v) is 6.09. The molecule has 2 aromatic rings. The number of nitrogens with one attached hydrogen (secondary N) is 1. The Kier molecular flexibility index (Phi) is 6.16. The highest BCUT2D eigenvalue weighted by molar-refractivity contribution is 7.17. The number of hydrogen-bond donors (Lipinski definition) is 1. The lowest BCUT2D eigenvalue weighted by molar-refractivity contribution is -0.115. The van der Waals surface area contributed by atoms with Gasteiger partial charge in [-0.25, -0.2) is 4.79 Å². The van der Waals surface area contributed by atoms with Crippen molar-refractivity contribution in [1.82, 2.24) is 0 Å². The largest absolute Gasteiger partial charge is 0.496 e. The number of thiophene rings is 1. The van der Waals surface area contributed by atoms with Crippen LogP contribution in [0.1, 0.15) is 51.2 Å². The van der Waals surface area contributed by atoms with E-state index in [0.717, 1.165) is 48.1 Å². The van der Waals surface area contributed by atoms with Gasteiger partial charge in [0, 0.05) is 4.88 Å². The van der Waals surface area contributed by atoms with E-state index in [-0.39, 0.29) is 18.3 Å². The van der Waals surface area contributed by atoms with Crippen LogP contribution in [0.5, 0.6) is 5.75 Å². The predicted molar refractivity (Wildman–Crippen MR) is 107 cm³/mol. The highest BCUT2D eigenvalue weighted by Crippen LogP contribution is 2.38. The summed E-state index contributed by atoms with van der Waals surface area (Å²) in [5, 5.41) is 3.56. The van der Waals surface area contributed by atoms with E-state index in [1.807, 2.05) is 25.1 Å². The first kappa shape index (κ1) is 19.4. The zero-order valence-electron chi connectivity index (χ0n) is 16.0. The van der Waals surface area contributed by atoms with Crippen molar-refractivity contribution >= 4 is 28.2 Å². The number of benzene rings is 1. The van der Waals surface area contributed by atoms with Crippen LogP contribution >= 0.6 is 11.3 Å². The Labute approximate surface area is 163 Å². The van der Waals surface area contributed by atoms with Crippen LogP contribution in [0.2, 0.25) is 0 Å². The molecule has 1 aromatic carbocycles. The minimum atomic E-state index is -0.370. The van der Waals surface area contributed by atoms with E-state index in [1.54, 1.807) is 7.11 Å². The molecule has 0 aliphatic heterocycles. The first-order valence-electron chi connectivity index (χ1n) is 9.19.